The summed E-state index contributed by atoms with van der Waals surface area (Å²) in [5.74, 6) is 0.696. The lowest BCUT2D eigenvalue weighted by Gasteiger charge is -1.98. The van der Waals surface area contributed by atoms with Gasteiger partial charge in [0.05, 0.1) is 34.0 Å². The van der Waals surface area contributed by atoms with Gasteiger partial charge in [-0.3, -0.25) is 19.7 Å². The fraction of sp³-hybridized carbons (Fsp3) is 0.0952. The van der Waals surface area contributed by atoms with Crippen molar-refractivity contribution in [3.8, 4) is 33.3 Å². The maximum absolute atomic E-state index is 4.87. The smallest absolute Gasteiger partial charge is 0.159 e. The third kappa shape index (κ3) is 2.63. The normalized spacial score (nSPS) is 11.7. The molecule has 0 radical (unpaired) electrons. The van der Waals surface area contributed by atoms with Crippen LogP contribution in [0.15, 0.2) is 49.1 Å². The lowest BCUT2D eigenvalue weighted by atomic mass is 10.1. The Kier molecular flexibility index (Phi) is 3.59. The predicted molar refractivity (Wildman–Crippen MR) is 117 cm³/mol. The third-order valence-corrected chi connectivity index (χ3v) is 6.05. The van der Waals surface area contributed by atoms with Crippen LogP contribution in [0.3, 0.4) is 0 Å². The van der Waals surface area contributed by atoms with Gasteiger partial charge in [-0.1, -0.05) is 0 Å². The van der Waals surface area contributed by atoms with E-state index in [9.17, 15) is 0 Å². The lowest BCUT2D eigenvalue weighted by molar-refractivity contribution is 0.768. The average Bonchev–Trinajstić information content (AvgIpc) is 3.52. The number of aromatic nitrogens is 8. The zero-order valence-electron chi connectivity index (χ0n) is 16.2. The molecule has 30 heavy (non-hydrogen) atoms. The molecule has 0 amide bonds. The van der Waals surface area contributed by atoms with Crippen LogP contribution >= 0.6 is 11.3 Å². The first kappa shape index (κ1) is 17.0. The van der Waals surface area contributed by atoms with E-state index in [0.29, 0.717) is 5.82 Å². The zero-order chi connectivity index (χ0) is 20.2. The minimum absolute atomic E-state index is 0.696. The number of nitrogens with one attached hydrogen (secondary N) is 2. The highest BCUT2D eigenvalue weighted by atomic mass is 32.1. The summed E-state index contributed by atoms with van der Waals surface area (Å²) in [7, 11) is 1.89. The van der Waals surface area contributed by atoms with Gasteiger partial charge in [-0.05, 0) is 31.2 Å². The van der Waals surface area contributed by atoms with Crippen molar-refractivity contribution in [2.75, 3.05) is 0 Å². The maximum atomic E-state index is 4.87. The molecule has 0 unspecified atom stereocenters. The van der Waals surface area contributed by atoms with Crippen LogP contribution in [0.5, 0.6) is 0 Å². The molecule has 0 spiro atoms. The molecule has 0 bridgehead atoms. The van der Waals surface area contributed by atoms with Gasteiger partial charge in [0.25, 0.3) is 0 Å². The first-order chi connectivity index (χ1) is 14.7. The Morgan fingerprint density at radius 2 is 1.97 bits per heavy atom. The van der Waals surface area contributed by atoms with Gasteiger partial charge in [-0.2, -0.15) is 10.2 Å². The Hall–Kier alpha value is -3.85. The molecule has 0 fully saturated rings. The van der Waals surface area contributed by atoms with Crippen molar-refractivity contribution in [1.82, 2.24) is 39.9 Å². The minimum atomic E-state index is 0.696. The van der Waals surface area contributed by atoms with Crippen LogP contribution in [-0.2, 0) is 7.05 Å². The van der Waals surface area contributed by atoms with E-state index in [1.807, 2.05) is 31.6 Å². The van der Waals surface area contributed by atoms with Crippen LogP contribution in [0.4, 0.5) is 0 Å². The van der Waals surface area contributed by atoms with Crippen molar-refractivity contribution < 1.29 is 0 Å². The van der Waals surface area contributed by atoms with Gasteiger partial charge in [-0.15, -0.1) is 11.3 Å². The molecule has 6 aromatic heterocycles. The second kappa shape index (κ2) is 6.33. The van der Waals surface area contributed by atoms with Gasteiger partial charge in [0.1, 0.15) is 16.9 Å². The van der Waals surface area contributed by atoms with Crippen LogP contribution in [0.2, 0.25) is 0 Å². The van der Waals surface area contributed by atoms with E-state index in [1.54, 1.807) is 28.4 Å². The number of hydrogen-bond donors (Lipinski definition) is 2. The summed E-state index contributed by atoms with van der Waals surface area (Å²) in [6.07, 6.45) is 7.34. The molecule has 0 aromatic carbocycles. The molecule has 0 aliphatic rings. The number of hydrogen-bond acceptors (Lipinski definition) is 6. The van der Waals surface area contributed by atoms with E-state index in [1.165, 1.54) is 4.88 Å². The number of H-pyrrole nitrogens is 2. The van der Waals surface area contributed by atoms with Crippen LogP contribution in [0.1, 0.15) is 4.88 Å². The topological polar surface area (TPSA) is 101 Å². The van der Waals surface area contributed by atoms with E-state index in [2.05, 4.69) is 49.3 Å². The van der Waals surface area contributed by atoms with E-state index in [0.717, 1.165) is 49.5 Å². The van der Waals surface area contributed by atoms with Crippen LogP contribution < -0.4 is 0 Å². The second-order valence-corrected chi connectivity index (χ2v) is 8.43. The second-order valence-electron chi connectivity index (χ2n) is 7.14. The molecule has 8 nitrogen and oxygen atoms in total. The van der Waals surface area contributed by atoms with E-state index in [4.69, 9.17) is 4.98 Å². The van der Waals surface area contributed by atoms with Crippen molar-refractivity contribution in [2.24, 2.45) is 7.05 Å². The van der Waals surface area contributed by atoms with Crippen molar-refractivity contribution >= 4 is 33.3 Å². The number of aromatic amines is 2. The molecule has 0 saturated carbocycles. The fourth-order valence-electron chi connectivity index (χ4n) is 3.60. The van der Waals surface area contributed by atoms with E-state index in [-0.39, 0.29) is 0 Å². The summed E-state index contributed by atoms with van der Waals surface area (Å²) >= 11 is 1.71. The Labute approximate surface area is 174 Å². The van der Waals surface area contributed by atoms with Crippen LogP contribution in [0, 0.1) is 6.92 Å². The fourth-order valence-corrected chi connectivity index (χ4v) is 4.46. The summed E-state index contributed by atoms with van der Waals surface area (Å²) in [5.41, 5.74) is 6.05. The first-order valence-electron chi connectivity index (χ1n) is 9.41. The van der Waals surface area contributed by atoms with Crippen LogP contribution in [0.25, 0.3) is 55.3 Å². The number of aryl methyl sites for hydroxylation is 2. The van der Waals surface area contributed by atoms with E-state index < -0.39 is 0 Å². The summed E-state index contributed by atoms with van der Waals surface area (Å²) in [4.78, 5) is 19.7. The Morgan fingerprint density at radius 3 is 2.77 bits per heavy atom. The highest BCUT2D eigenvalue weighted by Crippen LogP contribution is 2.33. The van der Waals surface area contributed by atoms with Gasteiger partial charge >= 0.3 is 0 Å². The molecule has 6 heterocycles. The van der Waals surface area contributed by atoms with Gasteiger partial charge < -0.3 is 4.98 Å². The Morgan fingerprint density at radius 1 is 1.03 bits per heavy atom. The molecule has 9 heteroatoms. The Balaban J connectivity index is 1.52. The number of rotatable bonds is 3. The van der Waals surface area contributed by atoms with Gasteiger partial charge in [0, 0.05) is 35.3 Å². The summed E-state index contributed by atoms with van der Waals surface area (Å²) in [5, 5.41) is 12.8. The number of pyridine rings is 2. The lowest BCUT2D eigenvalue weighted by Crippen LogP contribution is -1.85. The molecule has 6 rings (SSSR count). The molecule has 0 saturated heterocycles. The third-order valence-electron chi connectivity index (χ3n) is 5.05. The summed E-state index contributed by atoms with van der Waals surface area (Å²) in [6, 6.07) is 8.14. The molecule has 146 valence electrons. The average molecular weight is 412 g/mol. The number of thiophene rings is 1. The maximum Gasteiger partial charge on any atom is 0.159 e. The molecule has 0 aliphatic carbocycles. The predicted octanol–water partition coefficient (Wildman–Crippen LogP) is 4.33. The van der Waals surface area contributed by atoms with Gasteiger partial charge in [0.15, 0.2) is 5.82 Å². The van der Waals surface area contributed by atoms with Crippen molar-refractivity contribution in [3.63, 3.8) is 0 Å². The Bertz CT molecular complexity index is 1530. The largest absolute Gasteiger partial charge is 0.336 e. The molecule has 0 aliphatic heterocycles. The zero-order valence-corrected chi connectivity index (χ0v) is 17.0. The van der Waals surface area contributed by atoms with Gasteiger partial charge in [0.2, 0.25) is 0 Å². The highest BCUT2D eigenvalue weighted by molar-refractivity contribution is 7.15. The molecule has 0 atom stereocenters. The number of nitrogens with zero attached hydrogens (tertiary/aromatic N) is 6. The van der Waals surface area contributed by atoms with E-state index >= 15 is 0 Å². The summed E-state index contributed by atoms with van der Waals surface area (Å²) in [6.45, 7) is 2.09. The quantitative estimate of drug-likeness (QED) is 0.450. The van der Waals surface area contributed by atoms with Crippen molar-refractivity contribution in [2.45, 2.75) is 6.92 Å². The molecular weight excluding hydrogens is 396 g/mol. The number of fused-ring (bicyclic) bond motifs is 2. The minimum Gasteiger partial charge on any atom is -0.336 e. The molecule has 2 N–H and O–H groups in total. The standard InChI is InChI=1S/C21H16N8S/c1-11-3-4-17(30-11)20-19-14(5-6-22-20)25-21(26-19)18-13-7-15(12-8-24-29(2)10-12)23-9-16(13)27-28-18/h3-10H,1-2H3,(H,25,26)(H,27,28). The highest BCUT2D eigenvalue weighted by Gasteiger charge is 2.17. The molecular formula is C21H16N8S. The van der Waals surface area contributed by atoms with Crippen LogP contribution in [-0.4, -0.2) is 39.9 Å². The van der Waals surface area contributed by atoms with Crippen molar-refractivity contribution in [1.29, 1.82) is 0 Å². The number of imidazole rings is 1. The van der Waals surface area contributed by atoms with Gasteiger partial charge in [-0.25, -0.2) is 4.98 Å². The SMILES string of the molecule is Cc1ccc(-c2nccc3[nH]c(-c4n[nH]c5cnc(-c6cnn(C)c6)cc45)nc23)s1. The summed E-state index contributed by atoms with van der Waals surface area (Å²) < 4.78 is 1.76. The molecule has 6 aromatic rings. The first-order valence-corrected chi connectivity index (χ1v) is 10.2. The van der Waals surface area contributed by atoms with Crippen molar-refractivity contribution in [3.05, 3.63) is 53.9 Å². The monoisotopic (exact) mass is 412 g/mol.